The summed E-state index contributed by atoms with van der Waals surface area (Å²) in [5, 5.41) is 12.3. The number of rotatable bonds is 6. The number of fused-ring (bicyclic) bond motifs is 1. The van der Waals surface area contributed by atoms with Crippen LogP contribution in [0.5, 0.6) is 0 Å². The number of aromatic nitrogens is 4. The first-order valence-electron chi connectivity index (χ1n) is 11.6. The number of anilines is 2. The second-order valence-corrected chi connectivity index (χ2v) is 9.14. The van der Waals surface area contributed by atoms with Crippen LogP contribution in [0.2, 0.25) is 0 Å². The van der Waals surface area contributed by atoms with Gasteiger partial charge in [-0.05, 0) is 49.8 Å². The van der Waals surface area contributed by atoms with Crippen LogP contribution in [0.1, 0.15) is 76.8 Å². The molecule has 2 aliphatic carbocycles. The monoisotopic (exact) mass is 404 g/mol. The average Bonchev–Trinajstić information content (AvgIpc) is 3.49. The van der Waals surface area contributed by atoms with Crippen molar-refractivity contribution in [1.29, 1.82) is 0 Å². The smallest absolute Gasteiger partial charge is 0.223 e. The number of hydrogen-bond acceptors (Lipinski definition) is 5. The molecule has 0 saturated heterocycles. The minimum absolute atomic E-state index is 0.306. The molecular formula is C24H32N6. The molecule has 5 rings (SSSR count). The van der Waals surface area contributed by atoms with Crippen molar-refractivity contribution in [3.63, 3.8) is 0 Å². The second-order valence-electron chi connectivity index (χ2n) is 9.14. The Kier molecular flexibility index (Phi) is 5.32. The zero-order valence-electron chi connectivity index (χ0n) is 18.1. The quantitative estimate of drug-likeness (QED) is 0.558. The molecule has 6 heteroatoms. The van der Waals surface area contributed by atoms with Crippen molar-refractivity contribution in [2.24, 2.45) is 0 Å². The van der Waals surface area contributed by atoms with E-state index in [1.54, 1.807) is 0 Å². The van der Waals surface area contributed by atoms with Gasteiger partial charge in [-0.15, -0.1) is 0 Å². The van der Waals surface area contributed by atoms with Gasteiger partial charge >= 0.3 is 0 Å². The van der Waals surface area contributed by atoms with E-state index in [1.807, 2.05) is 12.3 Å². The predicted octanol–water partition coefficient (Wildman–Crippen LogP) is 5.62. The number of nitrogens with one attached hydrogen (secondary N) is 2. The van der Waals surface area contributed by atoms with E-state index in [-0.39, 0.29) is 0 Å². The van der Waals surface area contributed by atoms with Gasteiger partial charge in [0.1, 0.15) is 5.82 Å². The molecule has 158 valence electrons. The van der Waals surface area contributed by atoms with Crippen molar-refractivity contribution >= 4 is 17.3 Å². The van der Waals surface area contributed by atoms with E-state index in [0.717, 1.165) is 34.2 Å². The first-order valence-corrected chi connectivity index (χ1v) is 11.6. The lowest BCUT2D eigenvalue weighted by Crippen LogP contribution is -2.17. The minimum Gasteiger partial charge on any atom is -0.367 e. The Morgan fingerprint density at radius 2 is 1.63 bits per heavy atom. The Labute approximate surface area is 178 Å². The fourth-order valence-electron chi connectivity index (χ4n) is 4.96. The van der Waals surface area contributed by atoms with Crippen LogP contribution in [0.25, 0.3) is 16.8 Å². The first kappa shape index (κ1) is 19.3. The Bertz CT molecular complexity index is 1010. The highest BCUT2D eigenvalue weighted by Gasteiger charge is 2.22. The normalized spacial score (nSPS) is 18.0. The SMILES string of the molecule is CC(C)c1nn2c(NC3CCCC3)cccc2c1-c1ccnc(NC2CCCC2)n1. The molecule has 0 bridgehead atoms. The second kappa shape index (κ2) is 8.25. The fourth-order valence-corrected chi connectivity index (χ4v) is 4.96. The highest BCUT2D eigenvalue weighted by atomic mass is 15.3. The Hall–Kier alpha value is -2.63. The highest BCUT2D eigenvalue weighted by Crippen LogP contribution is 2.34. The molecule has 2 aliphatic rings. The maximum absolute atomic E-state index is 5.04. The lowest BCUT2D eigenvalue weighted by Gasteiger charge is -2.14. The summed E-state index contributed by atoms with van der Waals surface area (Å²) in [4.78, 5) is 9.40. The van der Waals surface area contributed by atoms with Crippen molar-refractivity contribution in [2.45, 2.75) is 83.2 Å². The van der Waals surface area contributed by atoms with Gasteiger partial charge in [0.2, 0.25) is 5.95 Å². The first-order chi connectivity index (χ1) is 14.7. The topological polar surface area (TPSA) is 67.1 Å². The molecule has 3 aromatic heterocycles. The fraction of sp³-hybridized carbons (Fsp3) is 0.542. The summed E-state index contributed by atoms with van der Waals surface area (Å²) in [7, 11) is 0. The van der Waals surface area contributed by atoms with Gasteiger partial charge in [-0.25, -0.2) is 14.5 Å². The summed E-state index contributed by atoms with van der Waals surface area (Å²) in [5.41, 5.74) is 4.26. The minimum atomic E-state index is 0.306. The Morgan fingerprint density at radius 1 is 0.933 bits per heavy atom. The van der Waals surface area contributed by atoms with Crippen LogP contribution in [0.3, 0.4) is 0 Å². The Morgan fingerprint density at radius 3 is 2.33 bits per heavy atom. The van der Waals surface area contributed by atoms with Crippen molar-refractivity contribution in [3.8, 4) is 11.3 Å². The van der Waals surface area contributed by atoms with Crippen LogP contribution >= 0.6 is 0 Å². The lowest BCUT2D eigenvalue weighted by molar-refractivity contribution is 0.734. The van der Waals surface area contributed by atoms with Gasteiger partial charge in [-0.1, -0.05) is 45.6 Å². The third-order valence-corrected chi connectivity index (χ3v) is 6.54. The van der Waals surface area contributed by atoms with Crippen molar-refractivity contribution in [1.82, 2.24) is 19.6 Å². The molecule has 3 aromatic rings. The van der Waals surface area contributed by atoms with Gasteiger partial charge in [0.05, 0.1) is 16.9 Å². The maximum Gasteiger partial charge on any atom is 0.223 e. The molecule has 2 saturated carbocycles. The summed E-state index contributed by atoms with van der Waals surface area (Å²) in [6.45, 7) is 4.41. The van der Waals surface area contributed by atoms with Crippen LogP contribution in [0.15, 0.2) is 30.5 Å². The molecule has 0 aliphatic heterocycles. The van der Waals surface area contributed by atoms with Crippen LogP contribution < -0.4 is 10.6 Å². The van der Waals surface area contributed by atoms with Crippen LogP contribution in [-0.2, 0) is 0 Å². The molecule has 2 fully saturated rings. The van der Waals surface area contributed by atoms with E-state index >= 15 is 0 Å². The molecule has 0 aromatic carbocycles. The van der Waals surface area contributed by atoms with E-state index in [0.29, 0.717) is 18.0 Å². The summed E-state index contributed by atoms with van der Waals surface area (Å²) in [5.74, 6) is 2.11. The largest absolute Gasteiger partial charge is 0.367 e. The molecule has 0 radical (unpaired) electrons. The number of hydrogen-bond donors (Lipinski definition) is 2. The van der Waals surface area contributed by atoms with E-state index in [2.05, 4.69) is 52.2 Å². The van der Waals surface area contributed by atoms with Crippen LogP contribution in [0, 0.1) is 0 Å². The molecule has 3 heterocycles. The molecule has 2 N–H and O–H groups in total. The lowest BCUT2D eigenvalue weighted by atomic mass is 10.0. The molecule has 30 heavy (non-hydrogen) atoms. The van der Waals surface area contributed by atoms with E-state index in [4.69, 9.17) is 10.1 Å². The molecular weight excluding hydrogens is 372 g/mol. The standard InChI is InChI=1S/C24H32N6/c1-16(2)23-22(19-14-15-25-24(28-19)27-18-10-5-6-11-18)20-12-7-13-21(30(20)29-23)26-17-8-3-4-9-17/h7,12-18,26H,3-6,8-11H2,1-2H3,(H,25,27,28). The van der Waals surface area contributed by atoms with Crippen molar-refractivity contribution in [3.05, 3.63) is 36.2 Å². The maximum atomic E-state index is 5.04. The average molecular weight is 405 g/mol. The molecule has 0 unspecified atom stereocenters. The molecule has 0 spiro atoms. The molecule has 6 nitrogen and oxygen atoms in total. The van der Waals surface area contributed by atoms with Gasteiger partial charge in [0.15, 0.2) is 0 Å². The molecule has 0 amide bonds. The van der Waals surface area contributed by atoms with E-state index in [1.165, 1.54) is 51.4 Å². The van der Waals surface area contributed by atoms with Crippen molar-refractivity contribution < 1.29 is 0 Å². The number of pyridine rings is 1. The van der Waals surface area contributed by atoms with Crippen LogP contribution in [0.4, 0.5) is 11.8 Å². The van der Waals surface area contributed by atoms with Crippen molar-refractivity contribution in [2.75, 3.05) is 10.6 Å². The van der Waals surface area contributed by atoms with Crippen LogP contribution in [-0.4, -0.2) is 31.7 Å². The predicted molar refractivity (Wildman–Crippen MR) is 122 cm³/mol. The van der Waals surface area contributed by atoms with Gasteiger partial charge in [-0.3, -0.25) is 0 Å². The highest BCUT2D eigenvalue weighted by molar-refractivity contribution is 5.82. The third-order valence-electron chi connectivity index (χ3n) is 6.54. The van der Waals surface area contributed by atoms with Gasteiger partial charge in [0, 0.05) is 23.8 Å². The summed E-state index contributed by atoms with van der Waals surface area (Å²) < 4.78 is 2.08. The summed E-state index contributed by atoms with van der Waals surface area (Å²) in [6.07, 6.45) is 12.0. The van der Waals surface area contributed by atoms with Gasteiger partial charge in [-0.2, -0.15) is 5.10 Å². The zero-order valence-corrected chi connectivity index (χ0v) is 18.1. The van der Waals surface area contributed by atoms with E-state index in [9.17, 15) is 0 Å². The van der Waals surface area contributed by atoms with E-state index < -0.39 is 0 Å². The summed E-state index contributed by atoms with van der Waals surface area (Å²) in [6, 6.07) is 9.48. The Balaban J connectivity index is 1.55. The van der Waals surface area contributed by atoms with Gasteiger partial charge in [0.25, 0.3) is 0 Å². The third kappa shape index (κ3) is 3.75. The number of nitrogens with zero attached hydrogens (tertiary/aromatic N) is 4. The zero-order chi connectivity index (χ0) is 20.5. The van der Waals surface area contributed by atoms with Gasteiger partial charge < -0.3 is 10.6 Å². The molecule has 0 atom stereocenters. The summed E-state index contributed by atoms with van der Waals surface area (Å²) >= 11 is 0.